The molecule has 0 aromatic carbocycles. The predicted molar refractivity (Wildman–Crippen MR) is 59.1 cm³/mol. The zero-order chi connectivity index (χ0) is 9.90. The standard InChI is InChI=1S/C8H15F3N2.2ClH/c1-12-7-2-4-13(5-3-7)6-8(9,10)11;;/h7,12H,2-6H2,1H3;2*1H. The number of halogens is 5. The topological polar surface area (TPSA) is 15.3 Å². The third kappa shape index (κ3) is 7.22. The van der Waals surface area contributed by atoms with E-state index < -0.39 is 12.7 Å². The number of nitrogens with zero attached hydrogens (tertiary/aromatic N) is 1. The van der Waals surface area contributed by atoms with Crippen molar-refractivity contribution in [3.63, 3.8) is 0 Å². The molecule has 0 aliphatic carbocycles. The van der Waals surface area contributed by atoms with Crippen LogP contribution in [-0.2, 0) is 0 Å². The average molecular weight is 269 g/mol. The Morgan fingerprint density at radius 1 is 1.20 bits per heavy atom. The van der Waals surface area contributed by atoms with E-state index in [0.717, 1.165) is 12.8 Å². The summed E-state index contributed by atoms with van der Waals surface area (Å²) in [5.74, 6) is 0. The van der Waals surface area contributed by atoms with Crippen molar-refractivity contribution >= 4 is 24.8 Å². The number of hydrogen-bond donors (Lipinski definition) is 1. The molecule has 1 heterocycles. The highest BCUT2D eigenvalue weighted by atomic mass is 35.5. The monoisotopic (exact) mass is 268 g/mol. The Balaban J connectivity index is 0. The van der Waals surface area contributed by atoms with Crippen LogP contribution in [0.15, 0.2) is 0 Å². The molecule has 1 saturated heterocycles. The third-order valence-corrected chi connectivity index (χ3v) is 2.40. The van der Waals surface area contributed by atoms with Crippen LogP contribution in [0.2, 0.25) is 0 Å². The fourth-order valence-corrected chi connectivity index (χ4v) is 1.63. The van der Waals surface area contributed by atoms with E-state index >= 15 is 0 Å². The van der Waals surface area contributed by atoms with Gasteiger partial charge in [0.05, 0.1) is 6.54 Å². The van der Waals surface area contributed by atoms with Crippen molar-refractivity contribution in [2.24, 2.45) is 0 Å². The Kier molecular flexibility index (Phi) is 8.89. The van der Waals surface area contributed by atoms with E-state index in [1.54, 1.807) is 0 Å². The van der Waals surface area contributed by atoms with E-state index in [-0.39, 0.29) is 24.8 Å². The van der Waals surface area contributed by atoms with Crippen LogP contribution in [0.3, 0.4) is 0 Å². The van der Waals surface area contributed by atoms with E-state index in [9.17, 15) is 13.2 Å². The van der Waals surface area contributed by atoms with Crippen LogP contribution in [0, 0.1) is 0 Å². The third-order valence-electron chi connectivity index (χ3n) is 2.40. The van der Waals surface area contributed by atoms with E-state index in [4.69, 9.17) is 0 Å². The summed E-state index contributed by atoms with van der Waals surface area (Å²) in [5, 5.41) is 3.08. The first kappa shape index (κ1) is 17.7. The molecule has 1 aliphatic heterocycles. The van der Waals surface area contributed by atoms with Crippen molar-refractivity contribution in [3.8, 4) is 0 Å². The summed E-state index contributed by atoms with van der Waals surface area (Å²) in [6.07, 6.45) is -2.42. The first-order chi connectivity index (χ1) is 6.01. The maximum atomic E-state index is 12.0. The lowest BCUT2D eigenvalue weighted by molar-refractivity contribution is -0.148. The number of alkyl halides is 3. The van der Waals surface area contributed by atoms with Gasteiger partial charge in [-0.05, 0) is 33.0 Å². The molecule has 0 radical (unpaired) electrons. The van der Waals surface area contributed by atoms with Gasteiger partial charge in [0.25, 0.3) is 0 Å². The van der Waals surface area contributed by atoms with Crippen molar-refractivity contribution in [3.05, 3.63) is 0 Å². The fraction of sp³-hybridized carbons (Fsp3) is 1.00. The average Bonchev–Trinajstić information content (AvgIpc) is 2.03. The summed E-state index contributed by atoms with van der Waals surface area (Å²) in [7, 11) is 1.85. The van der Waals surface area contributed by atoms with Crippen LogP contribution in [0.25, 0.3) is 0 Å². The summed E-state index contributed by atoms with van der Waals surface area (Å²) < 4.78 is 35.9. The Morgan fingerprint density at radius 3 is 2.00 bits per heavy atom. The molecule has 1 N–H and O–H groups in total. The van der Waals surface area contributed by atoms with Crippen molar-refractivity contribution in [1.29, 1.82) is 0 Å². The molecule has 0 atom stereocenters. The molecule has 15 heavy (non-hydrogen) atoms. The molecular formula is C8H17Cl2F3N2. The minimum Gasteiger partial charge on any atom is -0.317 e. The van der Waals surface area contributed by atoms with Gasteiger partial charge in [0.2, 0.25) is 0 Å². The Morgan fingerprint density at radius 2 is 1.67 bits per heavy atom. The second-order valence-corrected chi connectivity index (χ2v) is 3.45. The lowest BCUT2D eigenvalue weighted by atomic mass is 10.1. The number of likely N-dealkylation sites (tertiary alicyclic amines) is 1. The van der Waals surface area contributed by atoms with Gasteiger partial charge in [-0.25, -0.2) is 0 Å². The Bertz CT molecular complexity index is 158. The van der Waals surface area contributed by atoms with E-state index in [1.165, 1.54) is 4.90 Å². The zero-order valence-electron chi connectivity index (χ0n) is 8.51. The molecule has 0 spiro atoms. The summed E-state index contributed by atoms with van der Waals surface area (Å²) >= 11 is 0. The molecule has 7 heteroatoms. The van der Waals surface area contributed by atoms with Crippen molar-refractivity contribution in [1.82, 2.24) is 10.2 Å². The van der Waals surface area contributed by atoms with Gasteiger partial charge in [-0.15, -0.1) is 24.8 Å². The van der Waals surface area contributed by atoms with Crippen molar-refractivity contribution in [2.75, 3.05) is 26.7 Å². The van der Waals surface area contributed by atoms with E-state index in [2.05, 4.69) is 5.32 Å². The maximum absolute atomic E-state index is 12.0. The second kappa shape index (κ2) is 7.54. The summed E-state index contributed by atoms with van der Waals surface area (Å²) in [5.41, 5.74) is 0. The first-order valence-corrected chi connectivity index (χ1v) is 4.47. The summed E-state index contributed by atoms with van der Waals surface area (Å²) in [6.45, 7) is 0.333. The predicted octanol–water partition coefficient (Wildman–Crippen LogP) is 2.08. The lowest BCUT2D eigenvalue weighted by Crippen LogP contribution is -2.44. The van der Waals surface area contributed by atoms with E-state index in [1.807, 2.05) is 7.05 Å². The second-order valence-electron chi connectivity index (χ2n) is 3.45. The molecule has 0 aromatic heterocycles. The van der Waals surface area contributed by atoms with Gasteiger partial charge in [-0.2, -0.15) is 13.2 Å². The van der Waals surface area contributed by atoms with Gasteiger partial charge in [0.1, 0.15) is 0 Å². The largest absolute Gasteiger partial charge is 0.401 e. The fourth-order valence-electron chi connectivity index (χ4n) is 1.63. The van der Waals surface area contributed by atoms with Gasteiger partial charge in [0.15, 0.2) is 0 Å². The normalized spacial score (nSPS) is 19.2. The molecule has 1 aliphatic rings. The highest BCUT2D eigenvalue weighted by Crippen LogP contribution is 2.19. The maximum Gasteiger partial charge on any atom is 0.401 e. The molecule has 0 unspecified atom stereocenters. The quantitative estimate of drug-likeness (QED) is 0.825. The molecule has 0 amide bonds. The molecule has 0 bridgehead atoms. The minimum absolute atomic E-state index is 0. The minimum atomic E-state index is -4.05. The van der Waals surface area contributed by atoms with Crippen LogP contribution in [0.5, 0.6) is 0 Å². The molecule has 0 aromatic rings. The highest BCUT2D eigenvalue weighted by molar-refractivity contribution is 5.85. The molecule has 2 nitrogen and oxygen atoms in total. The van der Waals surface area contributed by atoms with Crippen LogP contribution in [-0.4, -0.2) is 43.8 Å². The van der Waals surface area contributed by atoms with Crippen molar-refractivity contribution < 1.29 is 13.2 Å². The van der Waals surface area contributed by atoms with E-state index in [0.29, 0.717) is 19.1 Å². The summed E-state index contributed by atoms with van der Waals surface area (Å²) in [4.78, 5) is 1.47. The van der Waals surface area contributed by atoms with Gasteiger partial charge in [-0.3, -0.25) is 4.90 Å². The van der Waals surface area contributed by atoms with Gasteiger partial charge >= 0.3 is 6.18 Å². The van der Waals surface area contributed by atoms with Crippen LogP contribution in [0.4, 0.5) is 13.2 Å². The van der Waals surface area contributed by atoms with Gasteiger partial charge in [-0.1, -0.05) is 0 Å². The van der Waals surface area contributed by atoms with Gasteiger partial charge < -0.3 is 5.32 Å². The number of nitrogens with one attached hydrogen (secondary N) is 1. The molecule has 94 valence electrons. The molecule has 1 fully saturated rings. The first-order valence-electron chi connectivity index (χ1n) is 4.47. The lowest BCUT2D eigenvalue weighted by Gasteiger charge is -2.32. The number of hydrogen-bond acceptors (Lipinski definition) is 2. The van der Waals surface area contributed by atoms with Crippen LogP contribution < -0.4 is 5.32 Å². The van der Waals surface area contributed by atoms with Crippen molar-refractivity contribution in [2.45, 2.75) is 25.1 Å². The van der Waals surface area contributed by atoms with Gasteiger partial charge in [0, 0.05) is 6.04 Å². The summed E-state index contributed by atoms with van der Waals surface area (Å²) in [6, 6.07) is 0.393. The Labute approximate surface area is 100 Å². The number of rotatable bonds is 2. The SMILES string of the molecule is CNC1CCN(CC(F)(F)F)CC1.Cl.Cl. The van der Waals surface area contributed by atoms with Crippen LogP contribution >= 0.6 is 24.8 Å². The number of piperidine rings is 1. The zero-order valence-corrected chi connectivity index (χ0v) is 10.1. The van der Waals surface area contributed by atoms with Crippen LogP contribution in [0.1, 0.15) is 12.8 Å². The Hall–Kier alpha value is 0.290. The molecule has 0 saturated carbocycles. The smallest absolute Gasteiger partial charge is 0.317 e. The molecule has 1 rings (SSSR count). The molecular weight excluding hydrogens is 252 g/mol. The highest BCUT2D eigenvalue weighted by Gasteiger charge is 2.32.